The molecule has 0 radical (unpaired) electrons. The van der Waals surface area contributed by atoms with Crippen molar-refractivity contribution in [3.05, 3.63) is 59.2 Å². The van der Waals surface area contributed by atoms with Crippen LogP contribution in [-0.2, 0) is 16.1 Å². The van der Waals surface area contributed by atoms with Gasteiger partial charge in [-0.3, -0.25) is 9.59 Å². The molecule has 0 saturated carbocycles. The van der Waals surface area contributed by atoms with Crippen LogP contribution in [0.3, 0.4) is 0 Å². The topological polar surface area (TPSA) is 58.6 Å². The fourth-order valence-electron chi connectivity index (χ4n) is 3.34. The number of hydrogen-bond donors (Lipinski definition) is 1. The summed E-state index contributed by atoms with van der Waals surface area (Å²) >= 11 is 0. The molecule has 0 aromatic heterocycles. The van der Waals surface area contributed by atoms with Gasteiger partial charge in [0, 0.05) is 18.8 Å². The Morgan fingerprint density at radius 2 is 1.86 bits per heavy atom. The second-order valence-electron chi connectivity index (χ2n) is 7.63. The number of nitrogens with one attached hydrogen (secondary N) is 1. The number of hydrogen-bond acceptors (Lipinski definition) is 3. The molecule has 2 aromatic rings. The predicted octanol–water partition coefficient (Wildman–Crippen LogP) is 3.76. The molecular weight excluding hydrogens is 352 g/mol. The van der Waals surface area contributed by atoms with E-state index in [1.807, 2.05) is 70.2 Å². The van der Waals surface area contributed by atoms with Crippen molar-refractivity contribution in [3.63, 3.8) is 0 Å². The molecular formula is C23H28N2O3. The molecule has 1 N–H and O–H groups in total. The summed E-state index contributed by atoms with van der Waals surface area (Å²) < 4.78 is 5.62. The summed E-state index contributed by atoms with van der Waals surface area (Å²) in [6, 6.07) is 13.6. The number of amides is 2. The number of aryl methyl sites for hydroxylation is 2. The van der Waals surface area contributed by atoms with Crippen LogP contribution in [0.15, 0.2) is 42.5 Å². The molecule has 28 heavy (non-hydrogen) atoms. The predicted molar refractivity (Wildman–Crippen MR) is 110 cm³/mol. The average molecular weight is 380 g/mol. The Bertz CT molecular complexity index is 859. The van der Waals surface area contributed by atoms with Crippen molar-refractivity contribution < 1.29 is 14.3 Å². The lowest BCUT2D eigenvalue weighted by Gasteiger charge is -2.18. The zero-order chi connectivity index (χ0) is 20.3. The van der Waals surface area contributed by atoms with Crippen molar-refractivity contribution in [3.8, 4) is 5.75 Å². The van der Waals surface area contributed by atoms with Crippen molar-refractivity contribution in [1.29, 1.82) is 0 Å². The van der Waals surface area contributed by atoms with Gasteiger partial charge in [-0.1, -0.05) is 18.2 Å². The second kappa shape index (κ2) is 8.46. The van der Waals surface area contributed by atoms with E-state index in [-0.39, 0.29) is 17.9 Å². The minimum absolute atomic E-state index is 0.124. The first-order chi connectivity index (χ1) is 13.3. The van der Waals surface area contributed by atoms with E-state index < -0.39 is 5.92 Å². The number of nitrogens with zero attached hydrogens (tertiary/aromatic N) is 1. The third-order valence-electron chi connectivity index (χ3n) is 5.09. The van der Waals surface area contributed by atoms with Crippen LogP contribution in [0.4, 0.5) is 5.69 Å². The summed E-state index contributed by atoms with van der Waals surface area (Å²) in [6.07, 6.45) is 0.665. The van der Waals surface area contributed by atoms with Crippen LogP contribution in [0.1, 0.15) is 37.0 Å². The summed E-state index contributed by atoms with van der Waals surface area (Å²) in [5, 5.41) is 2.90. The van der Waals surface area contributed by atoms with E-state index in [0.29, 0.717) is 19.5 Å². The van der Waals surface area contributed by atoms with E-state index in [1.54, 1.807) is 4.90 Å². The molecule has 1 aliphatic rings. The quantitative estimate of drug-likeness (QED) is 0.777. The summed E-state index contributed by atoms with van der Waals surface area (Å²) in [5.41, 5.74) is 4.17. The summed E-state index contributed by atoms with van der Waals surface area (Å²) in [7, 11) is 0. The van der Waals surface area contributed by atoms with Crippen LogP contribution in [0, 0.1) is 19.8 Å². The zero-order valence-electron chi connectivity index (χ0n) is 17.0. The lowest BCUT2D eigenvalue weighted by atomic mass is 10.1. The molecule has 1 fully saturated rings. The van der Waals surface area contributed by atoms with Gasteiger partial charge in [0.2, 0.25) is 11.8 Å². The van der Waals surface area contributed by atoms with Gasteiger partial charge in [-0.25, -0.2) is 0 Å². The summed E-state index contributed by atoms with van der Waals surface area (Å²) in [4.78, 5) is 27.0. The Morgan fingerprint density at radius 1 is 1.14 bits per heavy atom. The minimum Gasteiger partial charge on any atom is -0.491 e. The van der Waals surface area contributed by atoms with Gasteiger partial charge in [-0.05, 0) is 75.1 Å². The molecule has 2 aromatic carbocycles. The van der Waals surface area contributed by atoms with Crippen LogP contribution in [0.5, 0.6) is 5.75 Å². The van der Waals surface area contributed by atoms with Gasteiger partial charge in [-0.15, -0.1) is 0 Å². The van der Waals surface area contributed by atoms with Gasteiger partial charge in [-0.2, -0.15) is 0 Å². The van der Waals surface area contributed by atoms with Gasteiger partial charge in [0.05, 0.1) is 6.10 Å². The maximum Gasteiger partial charge on any atom is 0.239 e. The van der Waals surface area contributed by atoms with Crippen LogP contribution in [0.25, 0.3) is 0 Å². The minimum atomic E-state index is -0.620. The highest BCUT2D eigenvalue weighted by Crippen LogP contribution is 2.27. The molecule has 1 atom stereocenters. The first-order valence-electron chi connectivity index (χ1n) is 9.77. The van der Waals surface area contributed by atoms with E-state index in [2.05, 4.69) is 5.32 Å². The van der Waals surface area contributed by atoms with Gasteiger partial charge in [0.15, 0.2) is 0 Å². The first kappa shape index (κ1) is 19.9. The van der Waals surface area contributed by atoms with Gasteiger partial charge in [0.25, 0.3) is 0 Å². The SMILES string of the molecule is Cc1ccc(N2CCC(C(=O)NCc3ccc(OC(C)C)cc3)C2=O)cc1C. The van der Waals surface area contributed by atoms with Crippen LogP contribution < -0.4 is 15.0 Å². The van der Waals surface area contributed by atoms with Crippen molar-refractivity contribution in [1.82, 2.24) is 5.32 Å². The molecule has 3 rings (SSSR count). The highest BCUT2D eigenvalue weighted by atomic mass is 16.5. The molecule has 1 saturated heterocycles. The molecule has 0 bridgehead atoms. The van der Waals surface area contributed by atoms with Gasteiger partial charge < -0.3 is 15.0 Å². The van der Waals surface area contributed by atoms with E-state index in [1.165, 1.54) is 5.56 Å². The van der Waals surface area contributed by atoms with Crippen molar-refractivity contribution >= 4 is 17.5 Å². The summed E-state index contributed by atoms with van der Waals surface area (Å²) in [5.74, 6) is -0.148. The Labute approximate surface area is 166 Å². The van der Waals surface area contributed by atoms with Crippen molar-refractivity contribution in [2.75, 3.05) is 11.4 Å². The maximum absolute atomic E-state index is 12.8. The maximum atomic E-state index is 12.8. The third-order valence-corrected chi connectivity index (χ3v) is 5.09. The average Bonchev–Trinajstić information content (AvgIpc) is 3.04. The molecule has 5 heteroatoms. The van der Waals surface area contributed by atoms with Crippen LogP contribution >= 0.6 is 0 Å². The largest absolute Gasteiger partial charge is 0.491 e. The monoisotopic (exact) mass is 380 g/mol. The Kier molecular flexibility index (Phi) is 6.02. The molecule has 0 spiro atoms. The number of carbonyl (C=O) groups excluding carboxylic acids is 2. The Hall–Kier alpha value is -2.82. The molecule has 5 nitrogen and oxygen atoms in total. The van der Waals surface area contributed by atoms with Gasteiger partial charge >= 0.3 is 0 Å². The van der Waals surface area contributed by atoms with Crippen LogP contribution in [-0.4, -0.2) is 24.5 Å². The molecule has 1 heterocycles. The number of carbonyl (C=O) groups is 2. The normalized spacial score (nSPS) is 16.5. The van der Waals surface area contributed by atoms with E-state index in [4.69, 9.17) is 4.74 Å². The number of anilines is 1. The first-order valence-corrected chi connectivity index (χ1v) is 9.77. The standard InChI is InChI=1S/C23H28N2O3/c1-15(2)28-20-9-6-18(7-10-20)14-24-22(26)21-11-12-25(23(21)27)19-8-5-16(3)17(4)13-19/h5-10,13,15,21H,11-12,14H2,1-4H3,(H,24,26). The smallest absolute Gasteiger partial charge is 0.239 e. The third kappa shape index (κ3) is 4.53. The fraction of sp³-hybridized carbons (Fsp3) is 0.391. The Morgan fingerprint density at radius 3 is 2.50 bits per heavy atom. The zero-order valence-corrected chi connectivity index (χ0v) is 17.0. The second-order valence-corrected chi connectivity index (χ2v) is 7.63. The lowest BCUT2D eigenvalue weighted by molar-refractivity contribution is -0.132. The molecule has 2 amide bonds. The van der Waals surface area contributed by atoms with Crippen molar-refractivity contribution in [2.45, 2.75) is 46.8 Å². The van der Waals surface area contributed by atoms with E-state index in [0.717, 1.165) is 22.6 Å². The Balaban J connectivity index is 1.57. The number of ether oxygens (including phenoxy) is 1. The number of benzene rings is 2. The highest BCUT2D eigenvalue weighted by Gasteiger charge is 2.37. The molecule has 0 aliphatic carbocycles. The summed E-state index contributed by atoms with van der Waals surface area (Å²) in [6.45, 7) is 9.00. The van der Waals surface area contributed by atoms with Crippen molar-refractivity contribution in [2.24, 2.45) is 5.92 Å². The van der Waals surface area contributed by atoms with Gasteiger partial charge in [0.1, 0.15) is 11.7 Å². The van der Waals surface area contributed by atoms with E-state index in [9.17, 15) is 9.59 Å². The van der Waals surface area contributed by atoms with E-state index >= 15 is 0 Å². The van der Waals surface area contributed by atoms with Crippen LogP contribution in [0.2, 0.25) is 0 Å². The fourth-order valence-corrected chi connectivity index (χ4v) is 3.34. The number of rotatable bonds is 6. The molecule has 1 aliphatic heterocycles. The molecule has 1 unspecified atom stereocenters. The molecule has 148 valence electrons. The lowest BCUT2D eigenvalue weighted by Crippen LogP contribution is -2.36. The highest BCUT2D eigenvalue weighted by molar-refractivity contribution is 6.09.